The van der Waals surface area contributed by atoms with Crippen LogP contribution in [0.3, 0.4) is 0 Å². The van der Waals surface area contributed by atoms with E-state index in [1.165, 1.54) is 11.0 Å². The fourth-order valence-electron chi connectivity index (χ4n) is 3.48. The summed E-state index contributed by atoms with van der Waals surface area (Å²) in [5.74, 6) is -0.149. The van der Waals surface area contributed by atoms with E-state index in [9.17, 15) is 12.8 Å². The molecule has 1 aliphatic rings. The van der Waals surface area contributed by atoms with Crippen molar-refractivity contribution in [1.29, 1.82) is 0 Å². The monoisotopic (exact) mass is 393 g/mol. The Morgan fingerprint density at radius 2 is 1.96 bits per heavy atom. The average molecular weight is 394 g/mol. The molecule has 1 fully saturated rings. The summed E-state index contributed by atoms with van der Waals surface area (Å²) in [7, 11) is -3.26. The number of aromatic nitrogens is 1. The molecule has 1 unspecified atom stereocenters. The number of para-hydroxylation sites is 1. The average Bonchev–Trinajstić information content (AvgIpc) is 2.70. The lowest BCUT2D eigenvalue weighted by Gasteiger charge is -2.37. The largest absolute Gasteiger partial charge is 0.358 e. The highest BCUT2D eigenvalue weighted by Crippen LogP contribution is 2.18. The molecule has 1 aromatic carbocycles. The predicted octanol–water partition coefficient (Wildman–Crippen LogP) is 0.606. The lowest BCUT2D eigenvalue weighted by Crippen LogP contribution is -3.15. The van der Waals surface area contributed by atoms with Gasteiger partial charge in [0.2, 0.25) is 10.0 Å². The Morgan fingerprint density at radius 1 is 1.22 bits per heavy atom. The topological polar surface area (TPSA) is 66.7 Å². The molecular weight excluding hydrogens is 367 g/mol. The molecule has 6 nitrogen and oxygen atoms in total. The van der Waals surface area contributed by atoms with Crippen molar-refractivity contribution in [1.82, 2.24) is 9.71 Å². The van der Waals surface area contributed by atoms with E-state index in [0.717, 1.165) is 18.7 Å². The maximum atomic E-state index is 14.1. The van der Waals surface area contributed by atoms with Gasteiger partial charge in [-0.05, 0) is 31.2 Å². The van der Waals surface area contributed by atoms with Gasteiger partial charge >= 0.3 is 0 Å². The van der Waals surface area contributed by atoms with Crippen LogP contribution in [0.2, 0.25) is 0 Å². The number of piperazine rings is 1. The van der Waals surface area contributed by atoms with E-state index in [4.69, 9.17) is 0 Å². The third-order valence-electron chi connectivity index (χ3n) is 5.07. The fraction of sp³-hybridized carbons (Fsp3) is 0.421. The molecule has 2 aromatic rings. The van der Waals surface area contributed by atoms with Crippen molar-refractivity contribution < 1.29 is 17.7 Å². The van der Waals surface area contributed by atoms with Crippen LogP contribution in [-0.4, -0.2) is 51.9 Å². The molecule has 0 aliphatic carbocycles. The molecule has 2 N–H and O–H groups in total. The van der Waals surface area contributed by atoms with E-state index in [1.807, 2.05) is 18.2 Å². The summed E-state index contributed by atoms with van der Waals surface area (Å²) < 4.78 is 40.6. The molecule has 1 atom stereocenters. The fourth-order valence-corrected chi connectivity index (χ4v) is 4.11. The maximum Gasteiger partial charge on any atom is 0.211 e. The first-order valence-electron chi connectivity index (χ1n) is 9.21. The Morgan fingerprint density at radius 3 is 2.59 bits per heavy atom. The highest BCUT2D eigenvalue weighted by atomic mass is 32.2. The number of hydrogen-bond acceptors (Lipinski definition) is 4. The third-order valence-corrected chi connectivity index (χ3v) is 6.43. The first kappa shape index (κ1) is 19.7. The molecule has 0 bridgehead atoms. The number of hydrogen-bond donors (Lipinski definition) is 2. The van der Waals surface area contributed by atoms with Gasteiger partial charge in [-0.3, -0.25) is 4.98 Å². The van der Waals surface area contributed by atoms with Gasteiger partial charge in [-0.1, -0.05) is 12.1 Å². The van der Waals surface area contributed by atoms with Crippen molar-refractivity contribution in [3.8, 4) is 0 Å². The first-order chi connectivity index (χ1) is 13.0. The summed E-state index contributed by atoms with van der Waals surface area (Å²) >= 11 is 0. The van der Waals surface area contributed by atoms with E-state index in [2.05, 4.69) is 14.6 Å². The van der Waals surface area contributed by atoms with Crippen LogP contribution in [0.5, 0.6) is 0 Å². The summed E-state index contributed by atoms with van der Waals surface area (Å²) in [6.07, 6.45) is 3.50. The minimum atomic E-state index is -3.26. The summed E-state index contributed by atoms with van der Waals surface area (Å²) in [5.41, 5.74) is 1.63. The zero-order valence-corrected chi connectivity index (χ0v) is 16.3. The number of pyridine rings is 1. The van der Waals surface area contributed by atoms with E-state index in [1.54, 1.807) is 31.5 Å². The van der Waals surface area contributed by atoms with Crippen LogP contribution < -0.4 is 14.5 Å². The van der Waals surface area contributed by atoms with Crippen LogP contribution in [0.15, 0.2) is 48.8 Å². The van der Waals surface area contributed by atoms with Crippen molar-refractivity contribution in [2.45, 2.75) is 13.0 Å². The van der Waals surface area contributed by atoms with Crippen molar-refractivity contribution in [3.05, 3.63) is 60.2 Å². The normalized spacial score (nSPS) is 17.0. The zero-order chi connectivity index (χ0) is 19.3. The first-order valence-corrected chi connectivity index (χ1v) is 10.9. The second-order valence-electron chi connectivity index (χ2n) is 6.69. The second kappa shape index (κ2) is 8.77. The summed E-state index contributed by atoms with van der Waals surface area (Å²) in [6, 6.07) is 10.6. The van der Waals surface area contributed by atoms with Gasteiger partial charge in [-0.15, -0.1) is 0 Å². The predicted molar refractivity (Wildman–Crippen MR) is 104 cm³/mol. The standard InChI is InChI=1S/C19H25FN4O2S/c1-2-27(25,26)22-15-19(16-6-5-9-21-14-16)24-12-10-23(11-13-24)18-8-4-3-7-17(18)20/h3-9,14,19,22H,2,10-13,15H2,1H3/p+1. The van der Waals surface area contributed by atoms with E-state index >= 15 is 0 Å². The van der Waals surface area contributed by atoms with Gasteiger partial charge in [0, 0.05) is 18.0 Å². The lowest BCUT2D eigenvalue weighted by atomic mass is 10.1. The van der Waals surface area contributed by atoms with Gasteiger partial charge in [0.1, 0.15) is 11.9 Å². The summed E-state index contributed by atoms with van der Waals surface area (Å²) in [6.45, 7) is 4.98. The van der Waals surface area contributed by atoms with Gasteiger partial charge in [-0.25, -0.2) is 17.5 Å². The van der Waals surface area contributed by atoms with Crippen LogP contribution in [0.4, 0.5) is 10.1 Å². The number of halogens is 1. The Balaban J connectivity index is 1.71. The van der Waals surface area contributed by atoms with Crippen molar-refractivity contribution in [2.75, 3.05) is 43.4 Å². The Kier molecular flexibility index (Phi) is 6.41. The Bertz CT molecular complexity index is 840. The number of anilines is 1. The smallest absolute Gasteiger partial charge is 0.211 e. The molecule has 146 valence electrons. The lowest BCUT2D eigenvalue weighted by molar-refractivity contribution is -0.930. The quantitative estimate of drug-likeness (QED) is 0.723. The van der Waals surface area contributed by atoms with Gasteiger partial charge in [0.25, 0.3) is 0 Å². The molecule has 1 aliphatic heterocycles. The Hall–Kier alpha value is -2.03. The van der Waals surface area contributed by atoms with Crippen molar-refractivity contribution in [2.24, 2.45) is 0 Å². The number of rotatable bonds is 7. The Labute approximate surface area is 160 Å². The molecule has 0 saturated carbocycles. The van der Waals surface area contributed by atoms with Gasteiger partial charge in [0.05, 0.1) is 44.2 Å². The zero-order valence-electron chi connectivity index (χ0n) is 15.4. The number of nitrogens with zero attached hydrogens (tertiary/aromatic N) is 2. The van der Waals surface area contributed by atoms with Gasteiger partial charge < -0.3 is 9.80 Å². The molecule has 0 radical (unpaired) electrons. The highest BCUT2D eigenvalue weighted by molar-refractivity contribution is 7.89. The van der Waals surface area contributed by atoms with Crippen LogP contribution >= 0.6 is 0 Å². The number of nitrogens with one attached hydrogen (secondary N) is 2. The molecule has 3 rings (SSSR count). The molecule has 1 aromatic heterocycles. The van der Waals surface area contributed by atoms with Crippen LogP contribution in [0, 0.1) is 5.82 Å². The molecular formula is C19H26FN4O2S+. The van der Waals surface area contributed by atoms with E-state index in [0.29, 0.717) is 25.3 Å². The number of sulfonamides is 1. The number of benzene rings is 1. The van der Waals surface area contributed by atoms with Gasteiger partial charge in [0.15, 0.2) is 0 Å². The van der Waals surface area contributed by atoms with Crippen LogP contribution in [-0.2, 0) is 10.0 Å². The maximum absolute atomic E-state index is 14.1. The van der Waals surface area contributed by atoms with Crippen LogP contribution in [0.25, 0.3) is 0 Å². The molecule has 0 amide bonds. The molecule has 1 saturated heterocycles. The minimum absolute atomic E-state index is 0.0252. The number of quaternary nitrogens is 1. The highest BCUT2D eigenvalue weighted by Gasteiger charge is 2.30. The van der Waals surface area contributed by atoms with Crippen molar-refractivity contribution >= 4 is 15.7 Å². The third kappa shape index (κ3) is 5.03. The molecule has 8 heteroatoms. The summed E-state index contributed by atoms with van der Waals surface area (Å²) in [5, 5.41) is 0. The van der Waals surface area contributed by atoms with Crippen LogP contribution in [0.1, 0.15) is 18.5 Å². The van der Waals surface area contributed by atoms with E-state index in [-0.39, 0.29) is 17.6 Å². The summed E-state index contributed by atoms with van der Waals surface area (Å²) in [4.78, 5) is 7.51. The van der Waals surface area contributed by atoms with Crippen molar-refractivity contribution in [3.63, 3.8) is 0 Å². The molecule has 0 spiro atoms. The molecule has 2 heterocycles. The van der Waals surface area contributed by atoms with Gasteiger partial charge in [-0.2, -0.15) is 0 Å². The second-order valence-corrected chi connectivity index (χ2v) is 8.78. The molecule has 27 heavy (non-hydrogen) atoms. The van der Waals surface area contributed by atoms with E-state index < -0.39 is 10.0 Å². The minimum Gasteiger partial charge on any atom is -0.358 e. The SMILES string of the molecule is CCS(=O)(=O)NCC(c1cccnc1)[NH+]1CCN(c2ccccc2F)CC1.